The van der Waals surface area contributed by atoms with Crippen LogP contribution in [0.2, 0.25) is 10.2 Å². The van der Waals surface area contributed by atoms with Crippen molar-refractivity contribution < 1.29 is 9.53 Å². The van der Waals surface area contributed by atoms with Gasteiger partial charge in [-0.2, -0.15) is 0 Å². The van der Waals surface area contributed by atoms with Crippen LogP contribution in [0.5, 0.6) is 5.75 Å². The van der Waals surface area contributed by atoms with Crippen LogP contribution in [0.4, 0.5) is 0 Å². The summed E-state index contributed by atoms with van der Waals surface area (Å²) in [4.78, 5) is 28.1. The molecule has 0 atom stereocenters. The summed E-state index contributed by atoms with van der Waals surface area (Å²) in [6.07, 6.45) is 4.82. The maximum atomic E-state index is 12.0. The summed E-state index contributed by atoms with van der Waals surface area (Å²) in [7, 11) is 0. The number of imidazole rings is 1. The molecule has 170 valence electrons. The van der Waals surface area contributed by atoms with Gasteiger partial charge >= 0.3 is 0 Å². The highest BCUT2D eigenvalue weighted by atomic mass is 35.5. The number of fused-ring (bicyclic) bond motifs is 1. The molecule has 4 aromatic rings. The summed E-state index contributed by atoms with van der Waals surface area (Å²) in [6, 6.07) is 7.69. The van der Waals surface area contributed by atoms with Gasteiger partial charge in [0.1, 0.15) is 17.9 Å². The fourth-order valence-electron chi connectivity index (χ4n) is 3.49. The van der Waals surface area contributed by atoms with Crippen molar-refractivity contribution >= 4 is 40.0 Å². The Hall–Kier alpha value is -3.16. The van der Waals surface area contributed by atoms with Crippen molar-refractivity contribution in [3.8, 4) is 17.0 Å². The normalized spacial score (nSPS) is 11.2. The molecular weight excluding hydrogens is 461 g/mol. The molecule has 9 heteroatoms. The van der Waals surface area contributed by atoms with Gasteiger partial charge in [0.25, 0.3) is 0 Å². The number of amides is 1. The van der Waals surface area contributed by atoms with Crippen molar-refractivity contribution in [1.29, 1.82) is 0 Å². The van der Waals surface area contributed by atoms with Crippen LogP contribution in [-0.2, 0) is 17.9 Å². The van der Waals surface area contributed by atoms with E-state index in [0.717, 1.165) is 33.5 Å². The van der Waals surface area contributed by atoms with Crippen LogP contribution < -0.4 is 10.1 Å². The van der Waals surface area contributed by atoms with Gasteiger partial charge in [0.15, 0.2) is 5.15 Å². The average molecular weight is 484 g/mol. The third-order valence-corrected chi connectivity index (χ3v) is 5.85. The monoisotopic (exact) mass is 483 g/mol. The third kappa shape index (κ3) is 4.94. The summed E-state index contributed by atoms with van der Waals surface area (Å²) in [5.41, 5.74) is 4.70. The number of para-hydroxylation sites is 1. The molecule has 0 aliphatic carbocycles. The molecule has 1 aromatic carbocycles. The first-order valence-electron chi connectivity index (χ1n) is 10.5. The second-order valence-corrected chi connectivity index (χ2v) is 8.72. The predicted octanol–water partition coefficient (Wildman–Crippen LogP) is 5.49. The maximum absolute atomic E-state index is 12.0. The molecule has 0 unspecified atom stereocenters. The van der Waals surface area contributed by atoms with Crippen LogP contribution in [-0.4, -0.2) is 25.8 Å². The molecule has 0 fully saturated rings. The van der Waals surface area contributed by atoms with Gasteiger partial charge in [0.05, 0.1) is 17.0 Å². The van der Waals surface area contributed by atoms with Crippen LogP contribution in [0, 0.1) is 12.8 Å². The standard InChI is InChI=1S/C24H23Cl2N5O2/c1-13(2)24(32)28-9-15-8-27-10-19(25)18(15)11-33-20-6-4-5-16-17(7-14(3)31-21(16)20)22-23(26)30-12-29-22/h4-8,10,12-13H,9,11H2,1-3H3,(H,28,32)(H,29,30). The lowest BCUT2D eigenvalue weighted by atomic mass is 10.0. The van der Waals surface area contributed by atoms with Crippen molar-refractivity contribution in [2.75, 3.05) is 0 Å². The predicted molar refractivity (Wildman–Crippen MR) is 129 cm³/mol. The van der Waals surface area contributed by atoms with Gasteiger partial charge in [-0.3, -0.25) is 9.78 Å². The fraction of sp³-hybridized carbons (Fsp3) is 0.250. The number of hydrogen-bond acceptors (Lipinski definition) is 5. The molecule has 33 heavy (non-hydrogen) atoms. The SMILES string of the molecule is Cc1cc(-c2[nH]cnc2Cl)c2cccc(OCc3c(Cl)cncc3CNC(=O)C(C)C)c2n1. The van der Waals surface area contributed by atoms with Crippen LogP contribution >= 0.6 is 23.2 Å². The number of carbonyl (C=O) groups is 1. The zero-order chi connectivity index (χ0) is 23.5. The summed E-state index contributed by atoms with van der Waals surface area (Å²) >= 11 is 12.7. The zero-order valence-electron chi connectivity index (χ0n) is 18.4. The maximum Gasteiger partial charge on any atom is 0.222 e. The number of carbonyl (C=O) groups excluding carboxylic acids is 1. The first kappa shape index (κ1) is 23.0. The zero-order valence-corrected chi connectivity index (χ0v) is 20.0. The molecule has 2 N–H and O–H groups in total. The molecule has 7 nitrogen and oxygen atoms in total. The number of nitrogens with zero attached hydrogens (tertiary/aromatic N) is 3. The quantitative estimate of drug-likeness (QED) is 0.362. The molecule has 1 amide bonds. The molecule has 0 spiro atoms. The van der Waals surface area contributed by atoms with Gasteiger partial charge in [-0.05, 0) is 24.6 Å². The van der Waals surface area contributed by atoms with Crippen LogP contribution in [0.15, 0.2) is 43.0 Å². The van der Waals surface area contributed by atoms with E-state index >= 15 is 0 Å². The van der Waals surface area contributed by atoms with E-state index in [-0.39, 0.29) is 18.4 Å². The number of ether oxygens (including phenoxy) is 1. The van der Waals surface area contributed by atoms with E-state index < -0.39 is 0 Å². The lowest BCUT2D eigenvalue weighted by Gasteiger charge is -2.15. The highest BCUT2D eigenvalue weighted by molar-refractivity contribution is 6.32. The summed E-state index contributed by atoms with van der Waals surface area (Å²) in [6.45, 7) is 6.12. The van der Waals surface area contributed by atoms with Gasteiger partial charge in [0.2, 0.25) is 5.91 Å². The Morgan fingerprint density at radius 1 is 1.24 bits per heavy atom. The topological polar surface area (TPSA) is 92.8 Å². The minimum Gasteiger partial charge on any atom is -0.487 e. The Morgan fingerprint density at radius 2 is 2.06 bits per heavy atom. The summed E-state index contributed by atoms with van der Waals surface area (Å²) in [5, 5.41) is 4.65. The fourth-order valence-corrected chi connectivity index (χ4v) is 3.93. The highest BCUT2D eigenvalue weighted by Gasteiger charge is 2.16. The largest absolute Gasteiger partial charge is 0.487 e. The molecule has 3 aromatic heterocycles. The molecule has 0 saturated heterocycles. The second-order valence-electron chi connectivity index (χ2n) is 7.95. The number of aromatic amines is 1. The molecule has 4 rings (SSSR count). The van der Waals surface area contributed by atoms with Gasteiger partial charge in [-0.1, -0.05) is 49.2 Å². The molecule has 0 aliphatic heterocycles. The van der Waals surface area contributed by atoms with Gasteiger partial charge in [-0.25, -0.2) is 9.97 Å². The minimum atomic E-state index is -0.112. The van der Waals surface area contributed by atoms with E-state index in [1.807, 2.05) is 45.0 Å². The van der Waals surface area contributed by atoms with E-state index in [9.17, 15) is 4.79 Å². The number of benzene rings is 1. The van der Waals surface area contributed by atoms with E-state index in [1.54, 1.807) is 18.7 Å². The Bertz CT molecular complexity index is 1320. The number of nitrogens with one attached hydrogen (secondary N) is 2. The molecule has 0 radical (unpaired) electrons. The third-order valence-electron chi connectivity index (χ3n) is 5.24. The number of halogens is 2. The van der Waals surface area contributed by atoms with Crippen LogP contribution in [0.3, 0.4) is 0 Å². The number of rotatable bonds is 7. The van der Waals surface area contributed by atoms with E-state index in [4.69, 9.17) is 32.9 Å². The van der Waals surface area contributed by atoms with Crippen LogP contribution in [0.25, 0.3) is 22.2 Å². The second kappa shape index (κ2) is 9.77. The Morgan fingerprint density at radius 3 is 2.79 bits per heavy atom. The van der Waals surface area contributed by atoms with E-state index in [1.165, 1.54) is 0 Å². The molecule has 3 heterocycles. The summed E-state index contributed by atoms with van der Waals surface area (Å²) in [5.74, 6) is 0.457. The number of hydrogen-bond donors (Lipinski definition) is 2. The molecule has 0 saturated carbocycles. The van der Waals surface area contributed by atoms with Crippen LogP contribution in [0.1, 0.15) is 30.7 Å². The number of aryl methyl sites for hydroxylation is 1. The van der Waals surface area contributed by atoms with Gasteiger partial charge in [-0.15, -0.1) is 0 Å². The Labute approximate surface area is 201 Å². The average Bonchev–Trinajstić information content (AvgIpc) is 3.21. The molecule has 0 aliphatic rings. The first-order chi connectivity index (χ1) is 15.8. The number of aromatic nitrogens is 4. The van der Waals surface area contributed by atoms with Crippen molar-refractivity contribution in [2.45, 2.75) is 33.9 Å². The first-order valence-corrected chi connectivity index (χ1v) is 11.2. The van der Waals surface area contributed by atoms with Crippen molar-refractivity contribution in [2.24, 2.45) is 5.92 Å². The number of H-pyrrole nitrogens is 1. The van der Waals surface area contributed by atoms with Gasteiger partial charge in [0, 0.05) is 47.1 Å². The van der Waals surface area contributed by atoms with Gasteiger partial charge < -0.3 is 15.0 Å². The lowest BCUT2D eigenvalue weighted by Crippen LogP contribution is -2.27. The summed E-state index contributed by atoms with van der Waals surface area (Å²) < 4.78 is 6.19. The Kier molecular flexibility index (Phi) is 6.81. The van der Waals surface area contributed by atoms with E-state index in [2.05, 4.69) is 20.3 Å². The molecule has 0 bridgehead atoms. The number of pyridine rings is 2. The lowest BCUT2D eigenvalue weighted by molar-refractivity contribution is -0.124. The smallest absolute Gasteiger partial charge is 0.222 e. The minimum absolute atomic E-state index is 0.0411. The van der Waals surface area contributed by atoms with Crippen molar-refractivity contribution in [3.05, 3.63) is 70.0 Å². The van der Waals surface area contributed by atoms with E-state index in [0.29, 0.717) is 28.0 Å². The van der Waals surface area contributed by atoms with Crippen molar-refractivity contribution in [3.63, 3.8) is 0 Å². The van der Waals surface area contributed by atoms with Crippen molar-refractivity contribution in [1.82, 2.24) is 25.3 Å². The molecular formula is C24H23Cl2N5O2. The Balaban J connectivity index is 1.66. The highest BCUT2D eigenvalue weighted by Crippen LogP contribution is 2.35.